The van der Waals surface area contributed by atoms with Gasteiger partial charge in [0.25, 0.3) is 0 Å². The molecular formula is C11H15NO. The fourth-order valence-electron chi connectivity index (χ4n) is 1.75. The average molecular weight is 177 g/mol. The first-order valence-corrected chi connectivity index (χ1v) is 4.82. The highest BCUT2D eigenvalue weighted by molar-refractivity contribution is 5.53. The highest BCUT2D eigenvalue weighted by atomic mass is 16.5. The summed E-state index contributed by atoms with van der Waals surface area (Å²) < 4.78 is 5.51. The molecule has 1 aliphatic rings. The Morgan fingerprint density at radius 3 is 3.08 bits per heavy atom. The van der Waals surface area contributed by atoms with E-state index in [-0.39, 0.29) is 0 Å². The van der Waals surface area contributed by atoms with E-state index in [1.54, 1.807) is 0 Å². The molecule has 0 saturated carbocycles. The summed E-state index contributed by atoms with van der Waals surface area (Å²) in [6, 6.07) is 8.48. The number of fused-ring (bicyclic) bond motifs is 1. The molecule has 70 valence electrons. The number of hydrogen-bond acceptors (Lipinski definition) is 2. The standard InChI is InChI=1S/C11H15NO/c1-2-12-7-8-13-9-10-5-3-4-6-11(10)12/h3-6H,2,7-9H2,1H3. The normalized spacial score (nSPS) is 16.5. The summed E-state index contributed by atoms with van der Waals surface area (Å²) in [5.74, 6) is 0. The minimum Gasteiger partial charge on any atom is -0.375 e. The van der Waals surface area contributed by atoms with Crippen LogP contribution < -0.4 is 4.90 Å². The average Bonchev–Trinajstić information content (AvgIpc) is 2.39. The Hall–Kier alpha value is -1.02. The zero-order valence-electron chi connectivity index (χ0n) is 7.99. The second kappa shape index (κ2) is 3.79. The predicted molar refractivity (Wildman–Crippen MR) is 54.0 cm³/mol. The summed E-state index contributed by atoms with van der Waals surface area (Å²) >= 11 is 0. The van der Waals surface area contributed by atoms with Crippen LogP contribution in [0.4, 0.5) is 5.69 Å². The molecule has 0 atom stereocenters. The van der Waals surface area contributed by atoms with Gasteiger partial charge in [-0.15, -0.1) is 0 Å². The van der Waals surface area contributed by atoms with E-state index >= 15 is 0 Å². The first-order valence-electron chi connectivity index (χ1n) is 4.82. The van der Waals surface area contributed by atoms with E-state index in [4.69, 9.17) is 4.74 Å². The molecule has 0 amide bonds. The van der Waals surface area contributed by atoms with Gasteiger partial charge in [0.2, 0.25) is 0 Å². The summed E-state index contributed by atoms with van der Waals surface area (Å²) in [4.78, 5) is 2.36. The van der Waals surface area contributed by atoms with Crippen molar-refractivity contribution in [1.29, 1.82) is 0 Å². The number of para-hydroxylation sites is 1. The molecule has 1 heterocycles. The van der Waals surface area contributed by atoms with E-state index < -0.39 is 0 Å². The Bertz CT molecular complexity index is 285. The molecule has 0 unspecified atom stereocenters. The quantitative estimate of drug-likeness (QED) is 0.651. The fraction of sp³-hybridized carbons (Fsp3) is 0.455. The summed E-state index contributed by atoms with van der Waals surface area (Å²) in [6.45, 7) is 5.84. The topological polar surface area (TPSA) is 12.5 Å². The molecule has 2 heteroatoms. The van der Waals surface area contributed by atoms with Gasteiger partial charge in [0.15, 0.2) is 0 Å². The van der Waals surface area contributed by atoms with Gasteiger partial charge >= 0.3 is 0 Å². The van der Waals surface area contributed by atoms with E-state index in [2.05, 4.69) is 36.1 Å². The van der Waals surface area contributed by atoms with E-state index in [1.165, 1.54) is 11.3 Å². The van der Waals surface area contributed by atoms with Gasteiger partial charge in [-0.05, 0) is 13.0 Å². The highest BCUT2D eigenvalue weighted by Crippen LogP contribution is 2.22. The van der Waals surface area contributed by atoms with Gasteiger partial charge in [-0.25, -0.2) is 0 Å². The Labute approximate surface area is 79.1 Å². The van der Waals surface area contributed by atoms with Gasteiger partial charge in [-0.2, -0.15) is 0 Å². The number of benzene rings is 1. The van der Waals surface area contributed by atoms with Crippen molar-refractivity contribution in [1.82, 2.24) is 0 Å². The van der Waals surface area contributed by atoms with E-state index in [1.807, 2.05) is 0 Å². The molecule has 0 aromatic heterocycles. The molecular weight excluding hydrogens is 162 g/mol. The summed E-state index contributed by atoms with van der Waals surface area (Å²) in [7, 11) is 0. The van der Waals surface area contributed by atoms with Crippen molar-refractivity contribution < 1.29 is 4.74 Å². The molecule has 2 nitrogen and oxygen atoms in total. The molecule has 0 saturated heterocycles. The van der Waals surface area contributed by atoms with Crippen LogP contribution in [0.1, 0.15) is 12.5 Å². The monoisotopic (exact) mass is 177 g/mol. The van der Waals surface area contributed by atoms with Crippen molar-refractivity contribution >= 4 is 5.69 Å². The molecule has 2 rings (SSSR count). The Kier molecular flexibility index (Phi) is 2.50. The van der Waals surface area contributed by atoms with Crippen molar-refractivity contribution in [3.05, 3.63) is 29.8 Å². The van der Waals surface area contributed by atoms with Gasteiger partial charge in [-0.3, -0.25) is 0 Å². The lowest BCUT2D eigenvalue weighted by atomic mass is 10.2. The van der Waals surface area contributed by atoms with Gasteiger partial charge in [0, 0.05) is 24.3 Å². The van der Waals surface area contributed by atoms with Crippen molar-refractivity contribution in [3.8, 4) is 0 Å². The number of hydrogen-bond donors (Lipinski definition) is 0. The summed E-state index contributed by atoms with van der Waals surface area (Å²) in [5, 5.41) is 0. The Morgan fingerprint density at radius 1 is 1.38 bits per heavy atom. The molecule has 1 aromatic rings. The SMILES string of the molecule is CCN1CCOCc2ccccc21. The molecule has 1 aliphatic heterocycles. The predicted octanol–water partition coefficient (Wildman–Crippen LogP) is 2.04. The first-order chi connectivity index (χ1) is 6.42. The summed E-state index contributed by atoms with van der Waals surface area (Å²) in [5.41, 5.74) is 2.64. The van der Waals surface area contributed by atoms with Gasteiger partial charge in [0.1, 0.15) is 0 Å². The van der Waals surface area contributed by atoms with Crippen LogP contribution in [-0.2, 0) is 11.3 Å². The third-order valence-electron chi connectivity index (χ3n) is 2.48. The maximum absolute atomic E-state index is 5.51. The maximum Gasteiger partial charge on any atom is 0.0737 e. The number of nitrogens with zero attached hydrogens (tertiary/aromatic N) is 1. The van der Waals surface area contributed by atoms with E-state index in [0.29, 0.717) is 0 Å². The zero-order chi connectivity index (χ0) is 9.10. The van der Waals surface area contributed by atoms with Gasteiger partial charge < -0.3 is 9.64 Å². The first kappa shape index (κ1) is 8.57. The van der Waals surface area contributed by atoms with Crippen LogP contribution in [-0.4, -0.2) is 19.7 Å². The third-order valence-corrected chi connectivity index (χ3v) is 2.48. The van der Waals surface area contributed by atoms with E-state index in [0.717, 1.165) is 26.3 Å². The molecule has 0 spiro atoms. The second-order valence-electron chi connectivity index (χ2n) is 3.26. The Balaban J connectivity index is 2.35. The van der Waals surface area contributed by atoms with E-state index in [9.17, 15) is 0 Å². The minimum absolute atomic E-state index is 0.757. The van der Waals surface area contributed by atoms with Crippen LogP contribution in [0.15, 0.2) is 24.3 Å². The van der Waals surface area contributed by atoms with Crippen molar-refractivity contribution in [2.45, 2.75) is 13.5 Å². The van der Waals surface area contributed by atoms with Crippen LogP contribution in [0.3, 0.4) is 0 Å². The highest BCUT2D eigenvalue weighted by Gasteiger charge is 2.12. The van der Waals surface area contributed by atoms with Crippen LogP contribution in [0.2, 0.25) is 0 Å². The lowest BCUT2D eigenvalue weighted by molar-refractivity contribution is 0.132. The summed E-state index contributed by atoms with van der Waals surface area (Å²) in [6.07, 6.45) is 0. The lowest BCUT2D eigenvalue weighted by Gasteiger charge is -2.21. The molecule has 0 bridgehead atoms. The minimum atomic E-state index is 0.757. The van der Waals surface area contributed by atoms with Gasteiger partial charge in [0.05, 0.1) is 13.2 Å². The fourth-order valence-corrected chi connectivity index (χ4v) is 1.75. The number of anilines is 1. The molecule has 0 N–H and O–H groups in total. The molecule has 0 radical (unpaired) electrons. The number of likely N-dealkylation sites (N-methyl/N-ethyl adjacent to an activating group) is 1. The molecule has 13 heavy (non-hydrogen) atoms. The van der Waals surface area contributed by atoms with Crippen LogP contribution in [0.25, 0.3) is 0 Å². The van der Waals surface area contributed by atoms with Crippen molar-refractivity contribution in [2.24, 2.45) is 0 Å². The van der Waals surface area contributed by atoms with Crippen LogP contribution >= 0.6 is 0 Å². The largest absolute Gasteiger partial charge is 0.375 e. The zero-order valence-corrected chi connectivity index (χ0v) is 7.99. The smallest absolute Gasteiger partial charge is 0.0737 e. The molecule has 0 aliphatic carbocycles. The number of ether oxygens (including phenoxy) is 1. The van der Waals surface area contributed by atoms with Crippen molar-refractivity contribution in [3.63, 3.8) is 0 Å². The second-order valence-corrected chi connectivity index (χ2v) is 3.26. The van der Waals surface area contributed by atoms with Crippen molar-refractivity contribution in [2.75, 3.05) is 24.6 Å². The van der Waals surface area contributed by atoms with Gasteiger partial charge in [-0.1, -0.05) is 18.2 Å². The van der Waals surface area contributed by atoms with Crippen LogP contribution in [0.5, 0.6) is 0 Å². The molecule has 0 fully saturated rings. The third kappa shape index (κ3) is 1.68. The number of rotatable bonds is 1. The maximum atomic E-state index is 5.51. The lowest BCUT2D eigenvalue weighted by Crippen LogP contribution is -2.25. The Morgan fingerprint density at radius 2 is 2.23 bits per heavy atom. The van der Waals surface area contributed by atoms with Crippen LogP contribution in [0, 0.1) is 0 Å². The molecule has 1 aromatic carbocycles.